The summed E-state index contributed by atoms with van der Waals surface area (Å²) in [5.41, 5.74) is 2.82. The van der Waals surface area contributed by atoms with Crippen molar-refractivity contribution >= 4 is 11.8 Å². The fraction of sp³-hybridized carbons (Fsp3) is 0.161. The smallest absolute Gasteiger partial charge is 0.261 e. The van der Waals surface area contributed by atoms with Gasteiger partial charge in [-0.3, -0.25) is 9.59 Å². The van der Waals surface area contributed by atoms with Crippen LogP contribution in [0.2, 0.25) is 0 Å². The highest BCUT2D eigenvalue weighted by Gasteiger charge is 2.31. The maximum atomic E-state index is 13.6. The first kappa shape index (κ1) is 24.7. The Morgan fingerprint density at radius 3 is 1.83 bits per heavy atom. The monoisotopic (exact) mass is 478 g/mol. The molecule has 0 unspecified atom stereocenters. The molecule has 4 aromatic rings. The van der Waals surface area contributed by atoms with Gasteiger partial charge in [-0.05, 0) is 35.2 Å². The van der Waals surface area contributed by atoms with E-state index in [4.69, 9.17) is 4.74 Å². The zero-order valence-corrected chi connectivity index (χ0v) is 20.1. The molecule has 4 rings (SSSR count). The standard InChI is InChI=1S/C31H30N2O3/c34-29(24-36-28-19-11-4-12-20-28)33(23-26-15-7-2-8-16-26)30(27-17-9-3-10-18-27)31(35)32-22-21-25-13-5-1-6-14-25/h1-20,30H,21-24H2,(H,32,35)/t30-/m0/s1. The van der Waals surface area contributed by atoms with Gasteiger partial charge in [-0.1, -0.05) is 109 Å². The van der Waals surface area contributed by atoms with Gasteiger partial charge >= 0.3 is 0 Å². The number of hydrogen-bond acceptors (Lipinski definition) is 3. The molecule has 0 aliphatic heterocycles. The van der Waals surface area contributed by atoms with Gasteiger partial charge in [0, 0.05) is 13.1 Å². The van der Waals surface area contributed by atoms with E-state index in [1.165, 1.54) is 0 Å². The molecule has 0 fully saturated rings. The van der Waals surface area contributed by atoms with Crippen molar-refractivity contribution in [3.05, 3.63) is 138 Å². The summed E-state index contributed by atoms with van der Waals surface area (Å²) in [5, 5.41) is 3.05. The van der Waals surface area contributed by atoms with Crippen molar-refractivity contribution in [2.75, 3.05) is 13.2 Å². The number of nitrogens with zero attached hydrogens (tertiary/aromatic N) is 1. The highest BCUT2D eigenvalue weighted by atomic mass is 16.5. The Bertz CT molecular complexity index is 1220. The Morgan fingerprint density at radius 1 is 0.694 bits per heavy atom. The van der Waals surface area contributed by atoms with Crippen molar-refractivity contribution < 1.29 is 14.3 Å². The molecule has 0 saturated carbocycles. The molecule has 0 aromatic heterocycles. The molecule has 0 bridgehead atoms. The van der Waals surface area contributed by atoms with Crippen LogP contribution in [0.5, 0.6) is 5.75 Å². The molecule has 36 heavy (non-hydrogen) atoms. The van der Waals surface area contributed by atoms with E-state index in [9.17, 15) is 9.59 Å². The van der Waals surface area contributed by atoms with Crippen LogP contribution in [0.4, 0.5) is 0 Å². The average Bonchev–Trinajstić information content (AvgIpc) is 2.94. The van der Waals surface area contributed by atoms with Crippen LogP contribution in [-0.2, 0) is 22.6 Å². The average molecular weight is 479 g/mol. The van der Waals surface area contributed by atoms with E-state index in [0.29, 0.717) is 18.7 Å². The summed E-state index contributed by atoms with van der Waals surface area (Å²) in [4.78, 5) is 28.8. The molecule has 182 valence electrons. The van der Waals surface area contributed by atoms with E-state index < -0.39 is 6.04 Å². The van der Waals surface area contributed by atoms with E-state index >= 15 is 0 Å². The zero-order chi connectivity index (χ0) is 25.0. The third kappa shape index (κ3) is 7.06. The molecule has 5 nitrogen and oxygen atoms in total. The van der Waals surface area contributed by atoms with Crippen LogP contribution >= 0.6 is 0 Å². The van der Waals surface area contributed by atoms with Crippen molar-refractivity contribution in [3.8, 4) is 5.75 Å². The summed E-state index contributed by atoms with van der Waals surface area (Å²) >= 11 is 0. The lowest BCUT2D eigenvalue weighted by molar-refractivity contribution is -0.143. The highest BCUT2D eigenvalue weighted by Crippen LogP contribution is 2.24. The van der Waals surface area contributed by atoms with E-state index in [-0.39, 0.29) is 25.0 Å². The third-order valence-corrected chi connectivity index (χ3v) is 5.85. The van der Waals surface area contributed by atoms with Crippen molar-refractivity contribution in [1.29, 1.82) is 0 Å². The lowest BCUT2D eigenvalue weighted by Crippen LogP contribution is -2.45. The summed E-state index contributed by atoms with van der Waals surface area (Å²) < 4.78 is 5.77. The molecular weight excluding hydrogens is 448 g/mol. The Balaban J connectivity index is 1.57. The van der Waals surface area contributed by atoms with Crippen molar-refractivity contribution in [2.24, 2.45) is 0 Å². The molecule has 2 amide bonds. The van der Waals surface area contributed by atoms with Gasteiger partial charge in [-0.25, -0.2) is 0 Å². The molecule has 5 heteroatoms. The van der Waals surface area contributed by atoms with E-state index in [1.54, 1.807) is 17.0 Å². The van der Waals surface area contributed by atoms with Crippen LogP contribution in [0.15, 0.2) is 121 Å². The molecular formula is C31H30N2O3. The molecule has 0 spiro atoms. The van der Waals surface area contributed by atoms with E-state index in [1.807, 2.05) is 109 Å². The predicted octanol–water partition coefficient (Wildman–Crippen LogP) is 5.19. The Morgan fingerprint density at radius 2 is 1.22 bits per heavy atom. The SMILES string of the molecule is O=C(NCCc1ccccc1)[C@H](c1ccccc1)N(Cc1ccccc1)C(=O)COc1ccccc1. The minimum atomic E-state index is -0.797. The van der Waals surface area contributed by atoms with Crippen molar-refractivity contribution in [1.82, 2.24) is 10.2 Å². The summed E-state index contributed by atoms with van der Waals surface area (Å²) in [6.07, 6.45) is 0.706. The number of hydrogen-bond donors (Lipinski definition) is 1. The zero-order valence-electron chi connectivity index (χ0n) is 20.1. The molecule has 1 atom stereocenters. The molecule has 0 aliphatic carbocycles. The van der Waals surface area contributed by atoms with Gasteiger partial charge in [0.25, 0.3) is 5.91 Å². The Hall–Kier alpha value is -4.38. The first-order valence-corrected chi connectivity index (χ1v) is 12.1. The number of ether oxygens (including phenoxy) is 1. The normalized spacial score (nSPS) is 11.3. The van der Waals surface area contributed by atoms with Crippen LogP contribution < -0.4 is 10.1 Å². The molecule has 0 aliphatic rings. The van der Waals surface area contributed by atoms with Gasteiger partial charge in [-0.2, -0.15) is 0 Å². The van der Waals surface area contributed by atoms with Gasteiger partial charge in [0.05, 0.1) is 0 Å². The number of benzene rings is 4. The topological polar surface area (TPSA) is 58.6 Å². The number of para-hydroxylation sites is 1. The van der Waals surface area contributed by atoms with Gasteiger partial charge in [0.15, 0.2) is 6.61 Å². The summed E-state index contributed by atoms with van der Waals surface area (Å²) in [6.45, 7) is 0.584. The summed E-state index contributed by atoms with van der Waals surface area (Å²) in [7, 11) is 0. The summed E-state index contributed by atoms with van der Waals surface area (Å²) in [5.74, 6) is 0.116. The number of carbonyl (C=O) groups is 2. The lowest BCUT2D eigenvalue weighted by atomic mass is 10.0. The van der Waals surface area contributed by atoms with Crippen molar-refractivity contribution in [2.45, 2.75) is 19.0 Å². The third-order valence-electron chi connectivity index (χ3n) is 5.85. The first-order chi connectivity index (χ1) is 17.7. The van der Waals surface area contributed by atoms with E-state index in [2.05, 4.69) is 5.32 Å². The predicted molar refractivity (Wildman–Crippen MR) is 141 cm³/mol. The minimum Gasteiger partial charge on any atom is -0.484 e. The Labute approximate surface area is 212 Å². The lowest BCUT2D eigenvalue weighted by Gasteiger charge is -2.31. The highest BCUT2D eigenvalue weighted by molar-refractivity contribution is 5.89. The Kier molecular flexibility index (Phi) is 8.87. The molecule has 1 N–H and O–H groups in total. The molecule has 0 radical (unpaired) electrons. The minimum absolute atomic E-state index is 0.169. The second-order valence-corrected chi connectivity index (χ2v) is 8.45. The van der Waals surface area contributed by atoms with Crippen LogP contribution in [0.3, 0.4) is 0 Å². The number of nitrogens with one attached hydrogen (secondary N) is 1. The number of rotatable bonds is 11. The number of amides is 2. The fourth-order valence-electron chi connectivity index (χ4n) is 4.03. The maximum Gasteiger partial charge on any atom is 0.261 e. The van der Waals surface area contributed by atoms with Crippen LogP contribution in [0.25, 0.3) is 0 Å². The second kappa shape index (κ2) is 12.9. The molecule has 4 aromatic carbocycles. The van der Waals surface area contributed by atoms with Gasteiger partial charge in [0.2, 0.25) is 5.91 Å². The van der Waals surface area contributed by atoms with Crippen LogP contribution in [-0.4, -0.2) is 29.9 Å². The number of carbonyl (C=O) groups excluding carboxylic acids is 2. The summed E-state index contributed by atoms with van der Waals surface area (Å²) in [6, 6.07) is 37.5. The van der Waals surface area contributed by atoms with Gasteiger partial charge in [-0.15, -0.1) is 0 Å². The molecule has 0 saturated heterocycles. The van der Waals surface area contributed by atoms with Gasteiger partial charge < -0.3 is 15.0 Å². The fourth-order valence-corrected chi connectivity index (χ4v) is 4.03. The van der Waals surface area contributed by atoms with Crippen LogP contribution in [0, 0.1) is 0 Å². The maximum absolute atomic E-state index is 13.6. The van der Waals surface area contributed by atoms with Crippen molar-refractivity contribution in [3.63, 3.8) is 0 Å². The molecule has 0 heterocycles. The van der Waals surface area contributed by atoms with Crippen LogP contribution in [0.1, 0.15) is 22.7 Å². The van der Waals surface area contributed by atoms with E-state index in [0.717, 1.165) is 16.7 Å². The first-order valence-electron chi connectivity index (χ1n) is 12.1. The second-order valence-electron chi connectivity index (χ2n) is 8.45. The quantitative estimate of drug-likeness (QED) is 0.323. The van der Waals surface area contributed by atoms with Gasteiger partial charge in [0.1, 0.15) is 11.8 Å². The largest absolute Gasteiger partial charge is 0.484 e.